The molecule has 1 N–H and O–H groups in total. The predicted molar refractivity (Wildman–Crippen MR) is 58.4 cm³/mol. The van der Waals surface area contributed by atoms with Crippen molar-refractivity contribution in [1.82, 2.24) is 4.57 Å². The Morgan fingerprint density at radius 2 is 2.12 bits per heavy atom. The second-order valence-electron chi connectivity index (χ2n) is 4.09. The fourth-order valence-electron chi connectivity index (χ4n) is 1.27. The molecule has 0 aliphatic rings. The number of rotatable bonds is 3. The van der Waals surface area contributed by atoms with Crippen molar-refractivity contribution >= 4 is 5.97 Å². The highest BCUT2D eigenvalue weighted by molar-refractivity contribution is 5.88. The van der Waals surface area contributed by atoms with Crippen LogP contribution in [0.4, 0.5) is 0 Å². The molecule has 0 aromatic carbocycles. The van der Waals surface area contributed by atoms with Crippen LogP contribution in [0.1, 0.15) is 24.2 Å². The Bertz CT molecular complexity index is 448. The lowest BCUT2D eigenvalue weighted by Gasteiger charge is -2.25. The Labute approximate surface area is 93.3 Å². The van der Waals surface area contributed by atoms with E-state index in [0.717, 1.165) is 0 Å². The highest BCUT2D eigenvalue weighted by Crippen LogP contribution is 2.12. The van der Waals surface area contributed by atoms with Gasteiger partial charge in [0.15, 0.2) is 0 Å². The second-order valence-corrected chi connectivity index (χ2v) is 4.09. The first-order chi connectivity index (χ1) is 7.42. The van der Waals surface area contributed by atoms with E-state index in [1.165, 1.54) is 30.0 Å². The maximum Gasteiger partial charge on any atom is 0.339 e. The normalized spacial score (nSPS) is 11.2. The standard InChI is InChI=1S/C11H15NO4/c1-11(2,7-13)12-6-8(10(15)16-3)4-5-9(12)14/h4-6,13H,7H2,1-3H3. The fraction of sp³-hybridized carbons (Fsp3) is 0.455. The van der Waals surface area contributed by atoms with Gasteiger partial charge in [-0.1, -0.05) is 0 Å². The van der Waals surface area contributed by atoms with Crippen LogP contribution >= 0.6 is 0 Å². The number of aliphatic hydroxyl groups excluding tert-OH is 1. The highest BCUT2D eigenvalue weighted by Gasteiger charge is 2.21. The van der Waals surface area contributed by atoms with Gasteiger partial charge in [0.1, 0.15) is 0 Å². The molecule has 1 rings (SSSR count). The Hall–Kier alpha value is -1.62. The van der Waals surface area contributed by atoms with E-state index in [4.69, 9.17) is 0 Å². The lowest BCUT2D eigenvalue weighted by molar-refractivity contribution is 0.0598. The molecule has 0 unspecified atom stereocenters. The summed E-state index contributed by atoms with van der Waals surface area (Å²) < 4.78 is 5.88. The van der Waals surface area contributed by atoms with Crippen LogP contribution in [-0.2, 0) is 10.3 Å². The fourth-order valence-corrected chi connectivity index (χ4v) is 1.27. The number of pyridine rings is 1. The smallest absolute Gasteiger partial charge is 0.339 e. The minimum Gasteiger partial charge on any atom is -0.465 e. The zero-order chi connectivity index (χ0) is 12.3. The molecule has 88 valence electrons. The molecule has 5 heteroatoms. The maximum absolute atomic E-state index is 11.6. The molecule has 0 spiro atoms. The van der Waals surface area contributed by atoms with Gasteiger partial charge in [0.25, 0.3) is 5.56 Å². The summed E-state index contributed by atoms with van der Waals surface area (Å²) in [7, 11) is 1.27. The second kappa shape index (κ2) is 4.49. The Balaban J connectivity index is 3.30. The number of carbonyl (C=O) groups excluding carboxylic acids is 1. The van der Waals surface area contributed by atoms with Gasteiger partial charge in [0.05, 0.1) is 24.8 Å². The summed E-state index contributed by atoms with van der Waals surface area (Å²) in [4.78, 5) is 22.9. The van der Waals surface area contributed by atoms with Crippen molar-refractivity contribution in [2.45, 2.75) is 19.4 Å². The van der Waals surface area contributed by atoms with Crippen LogP contribution in [0.25, 0.3) is 0 Å². The van der Waals surface area contributed by atoms with Gasteiger partial charge in [-0.2, -0.15) is 0 Å². The van der Waals surface area contributed by atoms with Crippen molar-refractivity contribution in [3.05, 3.63) is 34.2 Å². The summed E-state index contributed by atoms with van der Waals surface area (Å²) >= 11 is 0. The van der Waals surface area contributed by atoms with Crippen molar-refractivity contribution in [2.24, 2.45) is 0 Å². The molecule has 0 saturated carbocycles. The van der Waals surface area contributed by atoms with E-state index in [9.17, 15) is 14.7 Å². The number of hydrogen-bond acceptors (Lipinski definition) is 4. The van der Waals surface area contributed by atoms with Gasteiger partial charge < -0.3 is 14.4 Å². The van der Waals surface area contributed by atoms with E-state index in [2.05, 4.69) is 4.74 Å². The van der Waals surface area contributed by atoms with E-state index >= 15 is 0 Å². The molecule has 1 aromatic rings. The van der Waals surface area contributed by atoms with Gasteiger partial charge in [0.2, 0.25) is 0 Å². The molecule has 1 aromatic heterocycles. The SMILES string of the molecule is COC(=O)c1ccc(=O)n(C(C)(C)CO)c1. The molecular formula is C11H15NO4. The third-order valence-corrected chi connectivity index (χ3v) is 2.37. The molecular weight excluding hydrogens is 210 g/mol. The average Bonchev–Trinajstić information content (AvgIpc) is 2.28. The van der Waals surface area contributed by atoms with Gasteiger partial charge in [-0.25, -0.2) is 4.79 Å². The highest BCUT2D eigenvalue weighted by atomic mass is 16.5. The quantitative estimate of drug-likeness (QED) is 0.754. The van der Waals surface area contributed by atoms with Crippen LogP contribution in [0.15, 0.2) is 23.1 Å². The number of methoxy groups -OCH3 is 1. The number of ether oxygens (including phenoxy) is 1. The number of carbonyl (C=O) groups is 1. The van der Waals surface area contributed by atoms with E-state index in [1.807, 2.05) is 0 Å². The number of aromatic nitrogens is 1. The average molecular weight is 225 g/mol. The van der Waals surface area contributed by atoms with E-state index in [-0.39, 0.29) is 17.7 Å². The van der Waals surface area contributed by atoms with Crippen LogP contribution in [0.5, 0.6) is 0 Å². The lowest BCUT2D eigenvalue weighted by atomic mass is 10.1. The number of nitrogens with zero attached hydrogens (tertiary/aromatic N) is 1. The van der Waals surface area contributed by atoms with Crippen LogP contribution in [0.2, 0.25) is 0 Å². The minimum atomic E-state index is -0.749. The Kier molecular flexibility index (Phi) is 3.49. The van der Waals surface area contributed by atoms with Crippen molar-refractivity contribution in [3.63, 3.8) is 0 Å². The Morgan fingerprint density at radius 1 is 1.50 bits per heavy atom. The molecule has 1 heterocycles. The molecule has 0 bridgehead atoms. The minimum absolute atomic E-state index is 0.197. The van der Waals surface area contributed by atoms with Crippen molar-refractivity contribution in [1.29, 1.82) is 0 Å². The molecule has 0 amide bonds. The number of esters is 1. The van der Waals surface area contributed by atoms with E-state index < -0.39 is 11.5 Å². The first-order valence-electron chi connectivity index (χ1n) is 4.85. The van der Waals surface area contributed by atoms with Crippen LogP contribution < -0.4 is 5.56 Å². The van der Waals surface area contributed by atoms with Gasteiger partial charge in [0, 0.05) is 12.3 Å². The van der Waals surface area contributed by atoms with Crippen LogP contribution in [0.3, 0.4) is 0 Å². The van der Waals surface area contributed by atoms with Gasteiger partial charge in [-0.3, -0.25) is 4.79 Å². The summed E-state index contributed by atoms with van der Waals surface area (Å²) in [5, 5.41) is 9.18. The monoisotopic (exact) mass is 225 g/mol. The molecule has 0 aliphatic carbocycles. The summed E-state index contributed by atoms with van der Waals surface area (Å²) in [5.74, 6) is -0.512. The first-order valence-corrected chi connectivity index (χ1v) is 4.85. The zero-order valence-corrected chi connectivity index (χ0v) is 9.56. The molecule has 5 nitrogen and oxygen atoms in total. The maximum atomic E-state index is 11.6. The summed E-state index contributed by atoms with van der Waals surface area (Å²) in [5.41, 5.74) is -0.739. The van der Waals surface area contributed by atoms with Gasteiger partial charge in [-0.05, 0) is 19.9 Å². The first kappa shape index (κ1) is 12.4. The summed E-state index contributed by atoms with van der Waals surface area (Å²) in [6.45, 7) is 3.21. The summed E-state index contributed by atoms with van der Waals surface area (Å²) in [6, 6.07) is 2.68. The van der Waals surface area contributed by atoms with Crippen LogP contribution in [-0.4, -0.2) is 29.4 Å². The van der Waals surface area contributed by atoms with Gasteiger partial charge >= 0.3 is 5.97 Å². The molecule has 0 fully saturated rings. The predicted octanol–water partition coefficient (Wildman–Crippen LogP) is 0.362. The number of aliphatic hydroxyl groups is 1. The molecule has 0 radical (unpaired) electrons. The molecule has 0 aliphatic heterocycles. The summed E-state index contributed by atoms with van der Waals surface area (Å²) in [6.07, 6.45) is 1.39. The third-order valence-electron chi connectivity index (χ3n) is 2.37. The van der Waals surface area contributed by atoms with Crippen molar-refractivity contribution < 1.29 is 14.6 Å². The Morgan fingerprint density at radius 3 is 2.62 bits per heavy atom. The molecule has 16 heavy (non-hydrogen) atoms. The van der Waals surface area contributed by atoms with Crippen LogP contribution in [0, 0.1) is 0 Å². The lowest BCUT2D eigenvalue weighted by Crippen LogP contribution is -2.39. The number of hydrogen-bond donors (Lipinski definition) is 1. The topological polar surface area (TPSA) is 68.5 Å². The van der Waals surface area contributed by atoms with Crippen molar-refractivity contribution in [2.75, 3.05) is 13.7 Å². The van der Waals surface area contributed by atoms with E-state index in [1.54, 1.807) is 13.8 Å². The molecule has 0 saturated heterocycles. The van der Waals surface area contributed by atoms with Crippen molar-refractivity contribution in [3.8, 4) is 0 Å². The largest absolute Gasteiger partial charge is 0.465 e. The third kappa shape index (κ3) is 2.30. The zero-order valence-electron chi connectivity index (χ0n) is 9.56. The van der Waals surface area contributed by atoms with Gasteiger partial charge in [-0.15, -0.1) is 0 Å². The van der Waals surface area contributed by atoms with E-state index in [0.29, 0.717) is 0 Å². The molecule has 0 atom stereocenters.